The Kier molecular flexibility index (Phi) is 2.91. The first-order valence-electron chi connectivity index (χ1n) is 4.91. The highest BCUT2D eigenvalue weighted by Crippen LogP contribution is 2.27. The van der Waals surface area contributed by atoms with Crippen LogP contribution in [0.2, 0.25) is 0 Å². The van der Waals surface area contributed by atoms with Crippen LogP contribution in [0.5, 0.6) is 5.88 Å². The molecule has 0 N–H and O–H groups in total. The van der Waals surface area contributed by atoms with Crippen LogP contribution < -0.4 is 4.74 Å². The zero-order chi connectivity index (χ0) is 10.8. The zero-order valence-electron chi connectivity index (χ0n) is 8.75. The van der Waals surface area contributed by atoms with Crippen LogP contribution in [0.15, 0.2) is 28.7 Å². The third-order valence-corrected chi connectivity index (χ3v) is 2.91. The summed E-state index contributed by atoms with van der Waals surface area (Å²) in [6.45, 7) is 4.67. The lowest BCUT2D eigenvalue weighted by Gasteiger charge is -2.07. The first kappa shape index (κ1) is 10.4. The maximum Gasteiger partial charge on any atom is 0.214 e. The number of fused-ring (bicyclic) bond motifs is 1. The van der Waals surface area contributed by atoms with Crippen LogP contribution in [0, 0.1) is 6.92 Å². The van der Waals surface area contributed by atoms with Gasteiger partial charge >= 0.3 is 0 Å². The fourth-order valence-electron chi connectivity index (χ4n) is 1.57. The Morgan fingerprint density at radius 1 is 1.40 bits per heavy atom. The highest BCUT2D eigenvalue weighted by atomic mass is 79.9. The Bertz CT molecular complexity index is 496. The van der Waals surface area contributed by atoms with Crippen molar-refractivity contribution in [1.82, 2.24) is 4.98 Å². The number of pyridine rings is 1. The van der Waals surface area contributed by atoms with E-state index in [1.165, 1.54) is 5.56 Å². The molecule has 2 nitrogen and oxygen atoms in total. The lowest BCUT2D eigenvalue weighted by atomic mass is 10.1. The van der Waals surface area contributed by atoms with Crippen LogP contribution in [0.3, 0.4) is 0 Å². The van der Waals surface area contributed by atoms with E-state index in [-0.39, 0.29) is 0 Å². The van der Waals surface area contributed by atoms with Gasteiger partial charge < -0.3 is 4.74 Å². The van der Waals surface area contributed by atoms with E-state index in [0.717, 1.165) is 15.4 Å². The normalized spacial score (nSPS) is 10.6. The fraction of sp³-hybridized carbons (Fsp3) is 0.250. The van der Waals surface area contributed by atoms with Crippen LogP contribution in [0.25, 0.3) is 10.9 Å². The number of hydrogen-bond donors (Lipinski definition) is 0. The maximum absolute atomic E-state index is 5.42. The highest BCUT2D eigenvalue weighted by Gasteiger charge is 2.05. The number of aromatic nitrogens is 1. The molecule has 0 atom stereocenters. The minimum absolute atomic E-state index is 0.641. The molecule has 1 aromatic heterocycles. The molecule has 0 fully saturated rings. The molecule has 0 aliphatic carbocycles. The molecule has 3 heteroatoms. The van der Waals surface area contributed by atoms with Gasteiger partial charge in [0.15, 0.2) is 0 Å². The minimum Gasteiger partial charge on any atom is -0.478 e. The lowest BCUT2D eigenvalue weighted by Crippen LogP contribution is -1.96. The van der Waals surface area contributed by atoms with E-state index in [1.807, 2.05) is 25.1 Å². The van der Waals surface area contributed by atoms with E-state index in [0.29, 0.717) is 12.5 Å². The predicted molar refractivity (Wildman–Crippen MR) is 65.3 cm³/mol. The largest absolute Gasteiger partial charge is 0.478 e. The van der Waals surface area contributed by atoms with E-state index in [9.17, 15) is 0 Å². The average Bonchev–Trinajstić information content (AvgIpc) is 2.20. The van der Waals surface area contributed by atoms with E-state index in [4.69, 9.17) is 4.74 Å². The summed E-state index contributed by atoms with van der Waals surface area (Å²) in [6, 6.07) is 8.04. The number of rotatable bonds is 2. The SMILES string of the molecule is CCOc1cc(C)c2cccc(Br)c2n1. The van der Waals surface area contributed by atoms with Gasteiger partial charge in [-0.05, 0) is 41.4 Å². The van der Waals surface area contributed by atoms with Crippen molar-refractivity contribution in [3.63, 3.8) is 0 Å². The van der Waals surface area contributed by atoms with Crippen molar-refractivity contribution in [2.24, 2.45) is 0 Å². The molecule has 0 radical (unpaired) electrons. The maximum atomic E-state index is 5.42. The van der Waals surface area contributed by atoms with Crippen molar-refractivity contribution in [3.8, 4) is 5.88 Å². The van der Waals surface area contributed by atoms with Crippen molar-refractivity contribution in [1.29, 1.82) is 0 Å². The van der Waals surface area contributed by atoms with Gasteiger partial charge in [-0.2, -0.15) is 0 Å². The summed E-state index contributed by atoms with van der Waals surface area (Å²) in [4.78, 5) is 4.46. The zero-order valence-corrected chi connectivity index (χ0v) is 10.3. The van der Waals surface area contributed by atoms with E-state index >= 15 is 0 Å². The average molecular weight is 266 g/mol. The Hall–Kier alpha value is -1.09. The molecule has 0 aliphatic rings. The molecule has 2 rings (SSSR count). The lowest BCUT2D eigenvalue weighted by molar-refractivity contribution is 0.328. The quantitative estimate of drug-likeness (QED) is 0.826. The monoisotopic (exact) mass is 265 g/mol. The second kappa shape index (κ2) is 4.19. The number of hydrogen-bond acceptors (Lipinski definition) is 2. The molecule has 0 saturated heterocycles. The molecule has 0 spiro atoms. The van der Waals surface area contributed by atoms with Crippen LogP contribution in [0.1, 0.15) is 12.5 Å². The Balaban J connectivity index is 2.68. The van der Waals surface area contributed by atoms with Crippen molar-refractivity contribution >= 4 is 26.8 Å². The number of nitrogens with zero attached hydrogens (tertiary/aromatic N) is 1. The van der Waals surface area contributed by atoms with Crippen LogP contribution >= 0.6 is 15.9 Å². The molecule has 2 aromatic rings. The Morgan fingerprint density at radius 3 is 2.93 bits per heavy atom. The summed E-state index contributed by atoms with van der Waals surface area (Å²) >= 11 is 3.50. The smallest absolute Gasteiger partial charge is 0.214 e. The van der Waals surface area contributed by atoms with Gasteiger partial charge in [-0.15, -0.1) is 0 Å². The summed E-state index contributed by atoms with van der Waals surface area (Å²) in [5, 5.41) is 1.16. The molecular formula is C12H12BrNO. The molecule has 0 amide bonds. The minimum atomic E-state index is 0.641. The van der Waals surface area contributed by atoms with Crippen molar-refractivity contribution in [2.75, 3.05) is 6.61 Å². The molecular weight excluding hydrogens is 254 g/mol. The predicted octanol–water partition coefficient (Wildman–Crippen LogP) is 3.70. The summed E-state index contributed by atoms with van der Waals surface area (Å²) in [5.74, 6) is 0.689. The Labute approximate surface area is 97.4 Å². The van der Waals surface area contributed by atoms with Crippen LogP contribution in [0.4, 0.5) is 0 Å². The van der Waals surface area contributed by atoms with Crippen LogP contribution in [-0.2, 0) is 0 Å². The van der Waals surface area contributed by atoms with Gasteiger partial charge in [-0.3, -0.25) is 0 Å². The van der Waals surface area contributed by atoms with Crippen molar-refractivity contribution < 1.29 is 4.74 Å². The standard InChI is InChI=1S/C12H12BrNO/c1-3-15-11-7-8(2)9-5-4-6-10(13)12(9)14-11/h4-7H,3H2,1-2H3. The first-order valence-corrected chi connectivity index (χ1v) is 5.70. The summed E-state index contributed by atoms with van der Waals surface area (Å²) in [6.07, 6.45) is 0. The number of ether oxygens (including phenoxy) is 1. The van der Waals surface area contributed by atoms with Crippen molar-refractivity contribution in [2.45, 2.75) is 13.8 Å². The van der Waals surface area contributed by atoms with E-state index in [2.05, 4.69) is 33.9 Å². The molecule has 15 heavy (non-hydrogen) atoms. The number of para-hydroxylation sites is 1. The summed E-state index contributed by atoms with van der Waals surface area (Å²) < 4.78 is 6.42. The van der Waals surface area contributed by atoms with Gasteiger partial charge in [0.1, 0.15) is 0 Å². The third kappa shape index (κ3) is 1.97. The first-order chi connectivity index (χ1) is 7.22. The van der Waals surface area contributed by atoms with Gasteiger partial charge in [0.2, 0.25) is 5.88 Å². The molecule has 78 valence electrons. The van der Waals surface area contributed by atoms with Gasteiger partial charge in [-0.25, -0.2) is 4.98 Å². The second-order valence-electron chi connectivity index (χ2n) is 3.35. The van der Waals surface area contributed by atoms with Gasteiger partial charge in [0.25, 0.3) is 0 Å². The van der Waals surface area contributed by atoms with Gasteiger partial charge in [0, 0.05) is 15.9 Å². The van der Waals surface area contributed by atoms with Crippen LogP contribution in [-0.4, -0.2) is 11.6 Å². The molecule has 0 aliphatic heterocycles. The molecule has 1 heterocycles. The summed E-state index contributed by atoms with van der Waals surface area (Å²) in [7, 11) is 0. The number of aryl methyl sites for hydroxylation is 1. The van der Waals surface area contributed by atoms with Crippen molar-refractivity contribution in [3.05, 3.63) is 34.3 Å². The molecule has 0 unspecified atom stereocenters. The molecule has 0 bridgehead atoms. The number of halogens is 1. The van der Waals surface area contributed by atoms with E-state index < -0.39 is 0 Å². The highest BCUT2D eigenvalue weighted by molar-refractivity contribution is 9.10. The Morgan fingerprint density at radius 2 is 2.20 bits per heavy atom. The second-order valence-corrected chi connectivity index (χ2v) is 4.20. The topological polar surface area (TPSA) is 22.1 Å². The van der Waals surface area contributed by atoms with Gasteiger partial charge in [-0.1, -0.05) is 12.1 Å². The molecule has 0 saturated carbocycles. The van der Waals surface area contributed by atoms with E-state index in [1.54, 1.807) is 0 Å². The third-order valence-electron chi connectivity index (χ3n) is 2.27. The summed E-state index contributed by atoms with van der Waals surface area (Å²) in [5.41, 5.74) is 2.14. The number of benzene rings is 1. The molecule has 1 aromatic carbocycles. The fourth-order valence-corrected chi connectivity index (χ4v) is 2.03. The van der Waals surface area contributed by atoms with Gasteiger partial charge in [0.05, 0.1) is 12.1 Å².